The third-order valence-electron chi connectivity index (χ3n) is 7.14. The number of carboxylic acids is 1. The normalized spacial score (nSPS) is 14.8. The highest BCUT2D eigenvalue weighted by Crippen LogP contribution is 2.37. The quantitative estimate of drug-likeness (QED) is 0.335. The number of aliphatic carboxylic acids is 1. The Bertz CT molecular complexity index is 1500. The minimum atomic E-state index is -1.02. The molecule has 1 amide bonds. The second kappa shape index (κ2) is 9.82. The van der Waals surface area contributed by atoms with E-state index in [-0.39, 0.29) is 18.9 Å². The van der Waals surface area contributed by atoms with Crippen molar-refractivity contribution < 1.29 is 23.8 Å². The molecule has 194 valence electrons. The third kappa shape index (κ3) is 4.67. The predicted molar refractivity (Wildman–Crippen MR) is 144 cm³/mol. The van der Waals surface area contributed by atoms with Crippen molar-refractivity contribution in [3.63, 3.8) is 0 Å². The highest BCUT2D eigenvalue weighted by atomic mass is 16.5. The molecule has 0 saturated heterocycles. The Morgan fingerprint density at radius 2 is 1.79 bits per heavy atom. The number of oxazole rings is 1. The highest BCUT2D eigenvalue weighted by Gasteiger charge is 2.44. The molecule has 2 heterocycles. The van der Waals surface area contributed by atoms with Gasteiger partial charge in [0, 0.05) is 17.7 Å². The number of hydrogen-bond donors (Lipinski definition) is 1. The predicted octanol–water partition coefficient (Wildman–Crippen LogP) is 5.86. The molecule has 1 atom stereocenters. The molecule has 0 radical (unpaired) electrons. The maximum atomic E-state index is 13.8. The first-order valence-electron chi connectivity index (χ1n) is 12.6. The smallest absolute Gasteiger partial charge is 0.327 e. The molecule has 7 heteroatoms. The number of aryl methyl sites for hydroxylation is 2. The Morgan fingerprint density at radius 3 is 2.53 bits per heavy atom. The van der Waals surface area contributed by atoms with Gasteiger partial charge in [0.25, 0.3) is 0 Å². The lowest BCUT2D eigenvalue weighted by atomic mass is 9.82. The summed E-state index contributed by atoms with van der Waals surface area (Å²) in [6, 6.07) is 21.7. The van der Waals surface area contributed by atoms with Crippen LogP contribution in [0, 0.1) is 13.8 Å². The zero-order chi connectivity index (χ0) is 27.0. The first kappa shape index (κ1) is 25.3. The number of aromatic nitrogens is 1. The molecule has 4 aromatic rings. The standard InChI is InChI=1S/C31H30N2O5/c1-19-12-14-21(15-13-19)28-32-25(20(2)38-28)18-37-24-10-7-9-23(17-24)31(3,4)30(36)33-26-11-6-5-8-22(26)16-27(33)29(34)35/h5-15,17,27H,16,18H2,1-4H3,(H,34,35). The molecule has 7 nitrogen and oxygen atoms in total. The average Bonchev–Trinajstić information content (AvgIpc) is 3.48. The van der Waals surface area contributed by atoms with Crippen molar-refractivity contribution in [2.75, 3.05) is 4.90 Å². The van der Waals surface area contributed by atoms with E-state index in [1.54, 1.807) is 6.07 Å². The second-order valence-electron chi connectivity index (χ2n) is 10.2. The van der Waals surface area contributed by atoms with Crippen molar-refractivity contribution in [3.05, 3.63) is 101 Å². The number of hydrogen-bond acceptors (Lipinski definition) is 5. The van der Waals surface area contributed by atoms with Crippen LogP contribution >= 0.6 is 0 Å². The van der Waals surface area contributed by atoms with Crippen LogP contribution in [0.15, 0.2) is 77.2 Å². The number of para-hydroxylation sites is 1. The van der Waals surface area contributed by atoms with E-state index in [0.29, 0.717) is 28.8 Å². The van der Waals surface area contributed by atoms with Gasteiger partial charge in [0.1, 0.15) is 29.9 Å². The van der Waals surface area contributed by atoms with Crippen molar-refractivity contribution >= 4 is 17.6 Å². The lowest BCUT2D eigenvalue weighted by molar-refractivity contribution is -0.140. The van der Waals surface area contributed by atoms with Crippen LogP contribution in [-0.2, 0) is 28.0 Å². The number of benzene rings is 3. The Balaban J connectivity index is 1.35. The number of carbonyl (C=O) groups excluding carboxylic acids is 1. The number of anilines is 1. The van der Waals surface area contributed by atoms with E-state index < -0.39 is 17.4 Å². The van der Waals surface area contributed by atoms with Gasteiger partial charge in [-0.25, -0.2) is 9.78 Å². The fourth-order valence-electron chi connectivity index (χ4n) is 4.77. The molecule has 3 aromatic carbocycles. The Morgan fingerprint density at radius 1 is 1.05 bits per heavy atom. The minimum Gasteiger partial charge on any atom is -0.487 e. The highest BCUT2D eigenvalue weighted by molar-refractivity contribution is 6.06. The molecule has 1 N–H and O–H groups in total. The second-order valence-corrected chi connectivity index (χ2v) is 10.2. The molecule has 0 spiro atoms. The van der Waals surface area contributed by atoms with Gasteiger partial charge in [-0.05, 0) is 69.2 Å². The number of nitrogens with zero attached hydrogens (tertiary/aromatic N) is 2. The van der Waals surface area contributed by atoms with Crippen LogP contribution in [0.4, 0.5) is 5.69 Å². The number of ether oxygens (including phenoxy) is 1. The van der Waals surface area contributed by atoms with Gasteiger partial charge < -0.3 is 14.3 Å². The van der Waals surface area contributed by atoms with E-state index in [1.165, 1.54) is 4.90 Å². The molecular weight excluding hydrogens is 480 g/mol. The lowest BCUT2D eigenvalue weighted by Gasteiger charge is -2.32. The van der Waals surface area contributed by atoms with Crippen molar-refractivity contribution in [2.24, 2.45) is 0 Å². The molecule has 1 aromatic heterocycles. The van der Waals surface area contributed by atoms with Crippen LogP contribution in [0.5, 0.6) is 5.75 Å². The van der Waals surface area contributed by atoms with Gasteiger partial charge in [-0.15, -0.1) is 0 Å². The van der Waals surface area contributed by atoms with E-state index in [2.05, 4.69) is 4.98 Å². The zero-order valence-electron chi connectivity index (χ0n) is 21.9. The zero-order valence-corrected chi connectivity index (χ0v) is 21.9. The summed E-state index contributed by atoms with van der Waals surface area (Å²) in [6.45, 7) is 7.71. The van der Waals surface area contributed by atoms with Crippen molar-refractivity contribution in [3.8, 4) is 17.2 Å². The van der Waals surface area contributed by atoms with Gasteiger partial charge in [-0.2, -0.15) is 0 Å². The fourth-order valence-corrected chi connectivity index (χ4v) is 4.77. The minimum absolute atomic E-state index is 0.208. The summed E-state index contributed by atoms with van der Waals surface area (Å²) in [5, 5.41) is 9.84. The molecule has 0 aliphatic carbocycles. The molecule has 1 aliphatic heterocycles. The average molecular weight is 511 g/mol. The van der Waals surface area contributed by atoms with E-state index in [1.807, 2.05) is 94.4 Å². The molecule has 0 saturated carbocycles. The van der Waals surface area contributed by atoms with Crippen molar-refractivity contribution in [2.45, 2.75) is 52.2 Å². The maximum absolute atomic E-state index is 13.8. The number of amides is 1. The molecular formula is C31H30N2O5. The van der Waals surface area contributed by atoms with E-state index in [9.17, 15) is 14.7 Å². The number of carboxylic acid groups (broad SMARTS) is 1. The molecule has 38 heavy (non-hydrogen) atoms. The first-order valence-corrected chi connectivity index (χ1v) is 12.6. The van der Waals surface area contributed by atoms with Crippen LogP contribution in [0.3, 0.4) is 0 Å². The van der Waals surface area contributed by atoms with Gasteiger partial charge in [-0.3, -0.25) is 9.69 Å². The van der Waals surface area contributed by atoms with Gasteiger partial charge >= 0.3 is 5.97 Å². The van der Waals surface area contributed by atoms with Gasteiger partial charge in [-0.1, -0.05) is 48.0 Å². The summed E-state index contributed by atoms with van der Waals surface area (Å²) in [5.74, 6) is 0.511. The largest absolute Gasteiger partial charge is 0.487 e. The molecule has 1 unspecified atom stereocenters. The van der Waals surface area contributed by atoms with Crippen molar-refractivity contribution in [1.29, 1.82) is 0 Å². The van der Waals surface area contributed by atoms with E-state index in [0.717, 1.165) is 22.3 Å². The van der Waals surface area contributed by atoms with Gasteiger partial charge in [0.2, 0.25) is 11.8 Å². The monoisotopic (exact) mass is 510 g/mol. The Labute approximate surface area is 221 Å². The van der Waals surface area contributed by atoms with Gasteiger partial charge in [0.05, 0.1) is 5.41 Å². The first-order chi connectivity index (χ1) is 18.1. The summed E-state index contributed by atoms with van der Waals surface area (Å²) in [4.78, 5) is 31.9. The van der Waals surface area contributed by atoms with Crippen LogP contribution < -0.4 is 9.64 Å². The summed E-state index contributed by atoms with van der Waals surface area (Å²) in [7, 11) is 0. The Hall–Kier alpha value is -4.39. The lowest BCUT2D eigenvalue weighted by Crippen LogP contribution is -2.50. The molecule has 0 bridgehead atoms. The van der Waals surface area contributed by atoms with Crippen molar-refractivity contribution in [1.82, 2.24) is 4.98 Å². The fraction of sp³-hybridized carbons (Fsp3) is 0.258. The summed E-state index contributed by atoms with van der Waals surface area (Å²) >= 11 is 0. The molecule has 0 fully saturated rings. The third-order valence-corrected chi connectivity index (χ3v) is 7.14. The number of rotatable bonds is 7. The molecule has 5 rings (SSSR count). The summed E-state index contributed by atoms with van der Waals surface area (Å²) in [5.41, 5.74) is 3.99. The van der Waals surface area contributed by atoms with Crippen LogP contribution in [0.1, 0.15) is 42.0 Å². The SMILES string of the molecule is Cc1ccc(-c2nc(COc3cccc(C(C)(C)C(=O)N4c5ccccc5CC4C(=O)O)c3)c(C)o2)cc1. The topological polar surface area (TPSA) is 92.9 Å². The van der Waals surface area contributed by atoms with E-state index >= 15 is 0 Å². The maximum Gasteiger partial charge on any atom is 0.327 e. The van der Waals surface area contributed by atoms with Crippen LogP contribution in [0.2, 0.25) is 0 Å². The summed E-state index contributed by atoms with van der Waals surface area (Å²) < 4.78 is 11.9. The van der Waals surface area contributed by atoms with Gasteiger partial charge in [0.15, 0.2) is 0 Å². The molecule has 1 aliphatic rings. The number of carbonyl (C=O) groups is 2. The van der Waals surface area contributed by atoms with E-state index in [4.69, 9.17) is 9.15 Å². The Kier molecular flexibility index (Phi) is 6.53. The van der Waals surface area contributed by atoms with Crippen LogP contribution in [0.25, 0.3) is 11.5 Å². The summed E-state index contributed by atoms with van der Waals surface area (Å²) in [6.07, 6.45) is 0.290. The van der Waals surface area contributed by atoms with Crippen LogP contribution in [-0.4, -0.2) is 28.0 Å². The number of fused-ring (bicyclic) bond motifs is 1.